The van der Waals surface area contributed by atoms with E-state index in [-0.39, 0.29) is 5.91 Å². The van der Waals surface area contributed by atoms with Crippen molar-refractivity contribution < 1.29 is 4.79 Å². The van der Waals surface area contributed by atoms with Crippen molar-refractivity contribution in [3.8, 4) is 16.9 Å². The second kappa shape index (κ2) is 7.61. The third-order valence-electron chi connectivity index (χ3n) is 5.28. The Morgan fingerprint density at radius 3 is 2.26 bits per heavy atom. The molecule has 4 rings (SSSR count). The lowest BCUT2D eigenvalue weighted by atomic mass is 10.1. The van der Waals surface area contributed by atoms with E-state index in [2.05, 4.69) is 16.7 Å². The van der Waals surface area contributed by atoms with Crippen molar-refractivity contribution in [2.45, 2.75) is 26.2 Å². The molecule has 0 radical (unpaired) electrons. The molecule has 2 aromatic carbocycles. The molecule has 0 saturated carbocycles. The van der Waals surface area contributed by atoms with Crippen LogP contribution in [0.2, 0.25) is 5.02 Å². The van der Waals surface area contributed by atoms with Crippen LogP contribution in [0.5, 0.6) is 0 Å². The molecule has 1 aliphatic rings. The lowest BCUT2D eigenvalue weighted by Gasteiger charge is -2.26. The first-order chi connectivity index (χ1) is 13.1. The molecule has 4 heteroatoms. The van der Waals surface area contributed by atoms with Crippen LogP contribution >= 0.6 is 11.6 Å². The van der Waals surface area contributed by atoms with Crippen LogP contribution in [-0.2, 0) is 0 Å². The summed E-state index contributed by atoms with van der Waals surface area (Å²) in [6.07, 6.45) is 3.40. The maximum absolute atomic E-state index is 13.2. The Bertz CT molecular complexity index is 939. The summed E-state index contributed by atoms with van der Waals surface area (Å²) in [6, 6.07) is 20.0. The van der Waals surface area contributed by atoms with E-state index in [1.165, 1.54) is 6.42 Å². The van der Waals surface area contributed by atoms with Crippen LogP contribution in [-0.4, -0.2) is 28.5 Å². The van der Waals surface area contributed by atoms with Crippen molar-refractivity contribution in [2.24, 2.45) is 0 Å². The van der Waals surface area contributed by atoms with E-state index in [0.717, 1.165) is 54.1 Å². The van der Waals surface area contributed by atoms with Crippen LogP contribution in [0.15, 0.2) is 60.7 Å². The summed E-state index contributed by atoms with van der Waals surface area (Å²) < 4.78 is 2.16. The van der Waals surface area contributed by atoms with Gasteiger partial charge < -0.3 is 9.47 Å². The van der Waals surface area contributed by atoms with Gasteiger partial charge in [0.1, 0.15) is 0 Å². The normalized spacial score (nSPS) is 14.4. The summed E-state index contributed by atoms with van der Waals surface area (Å²) in [4.78, 5) is 15.2. The summed E-state index contributed by atoms with van der Waals surface area (Å²) in [5, 5.41) is 0.703. The third kappa shape index (κ3) is 3.52. The minimum absolute atomic E-state index is 0.136. The molecular weight excluding hydrogens is 356 g/mol. The summed E-state index contributed by atoms with van der Waals surface area (Å²) in [5.41, 5.74) is 4.87. The summed E-state index contributed by atoms with van der Waals surface area (Å²) in [5.74, 6) is 0.136. The summed E-state index contributed by atoms with van der Waals surface area (Å²) in [6.45, 7) is 3.73. The topological polar surface area (TPSA) is 25.2 Å². The van der Waals surface area contributed by atoms with Gasteiger partial charge >= 0.3 is 0 Å². The lowest BCUT2D eigenvalue weighted by molar-refractivity contribution is 0.0723. The molecule has 0 unspecified atom stereocenters. The highest BCUT2D eigenvalue weighted by atomic mass is 35.5. The van der Waals surface area contributed by atoms with E-state index in [9.17, 15) is 4.79 Å². The number of hydrogen-bond donors (Lipinski definition) is 0. The number of piperidine rings is 1. The second-order valence-corrected chi connectivity index (χ2v) is 7.50. The van der Waals surface area contributed by atoms with Gasteiger partial charge in [0.05, 0.1) is 11.3 Å². The quantitative estimate of drug-likeness (QED) is 0.571. The highest BCUT2D eigenvalue weighted by Crippen LogP contribution is 2.31. The van der Waals surface area contributed by atoms with E-state index in [0.29, 0.717) is 5.02 Å². The average molecular weight is 379 g/mol. The van der Waals surface area contributed by atoms with Gasteiger partial charge in [-0.15, -0.1) is 0 Å². The number of hydrogen-bond acceptors (Lipinski definition) is 1. The number of carbonyl (C=O) groups excluding carboxylic acids is 1. The second-order valence-electron chi connectivity index (χ2n) is 7.06. The highest BCUT2D eigenvalue weighted by Gasteiger charge is 2.24. The number of aromatic nitrogens is 1. The summed E-state index contributed by atoms with van der Waals surface area (Å²) >= 11 is 6.08. The Morgan fingerprint density at radius 2 is 1.59 bits per heavy atom. The van der Waals surface area contributed by atoms with Crippen LogP contribution < -0.4 is 0 Å². The monoisotopic (exact) mass is 378 g/mol. The van der Waals surface area contributed by atoms with Crippen LogP contribution in [0.3, 0.4) is 0 Å². The molecule has 1 fully saturated rings. The summed E-state index contributed by atoms with van der Waals surface area (Å²) in [7, 11) is 0. The van der Waals surface area contributed by atoms with Gasteiger partial charge in [0, 0.05) is 29.5 Å². The molecule has 27 heavy (non-hydrogen) atoms. The molecular formula is C23H23ClN2O. The number of amides is 1. The van der Waals surface area contributed by atoms with E-state index < -0.39 is 0 Å². The maximum Gasteiger partial charge on any atom is 0.255 e. The third-order valence-corrected chi connectivity index (χ3v) is 5.53. The zero-order valence-electron chi connectivity index (χ0n) is 15.5. The minimum atomic E-state index is 0.136. The van der Waals surface area contributed by atoms with Crippen LogP contribution in [0.1, 0.15) is 35.3 Å². The van der Waals surface area contributed by atoms with E-state index in [4.69, 9.17) is 11.6 Å². The number of carbonyl (C=O) groups is 1. The molecule has 0 bridgehead atoms. The van der Waals surface area contributed by atoms with Crippen molar-refractivity contribution >= 4 is 17.5 Å². The van der Waals surface area contributed by atoms with Gasteiger partial charge in [0.25, 0.3) is 5.91 Å². The minimum Gasteiger partial charge on any atom is -0.339 e. The fourth-order valence-electron chi connectivity index (χ4n) is 3.83. The SMILES string of the molecule is Cc1c(C(=O)N2CCCCC2)cc(-c2ccccc2)n1-c1ccc(Cl)cc1. The predicted molar refractivity (Wildman–Crippen MR) is 111 cm³/mol. The molecule has 3 nitrogen and oxygen atoms in total. The van der Waals surface area contributed by atoms with Crippen molar-refractivity contribution in [3.63, 3.8) is 0 Å². The Hall–Kier alpha value is -2.52. The van der Waals surface area contributed by atoms with Gasteiger partial charge in [-0.1, -0.05) is 41.9 Å². The first-order valence-electron chi connectivity index (χ1n) is 9.48. The van der Waals surface area contributed by atoms with E-state index >= 15 is 0 Å². The molecule has 1 aliphatic heterocycles. The predicted octanol–water partition coefficient (Wildman–Crippen LogP) is 5.73. The number of benzene rings is 2. The van der Waals surface area contributed by atoms with Gasteiger partial charge in [-0.3, -0.25) is 4.79 Å². The van der Waals surface area contributed by atoms with Gasteiger partial charge in [0.15, 0.2) is 0 Å². The Balaban J connectivity index is 1.84. The lowest BCUT2D eigenvalue weighted by Crippen LogP contribution is -2.35. The molecule has 1 aromatic heterocycles. The first-order valence-corrected chi connectivity index (χ1v) is 9.86. The number of halogens is 1. The van der Waals surface area contributed by atoms with Crippen molar-refractivity contribution in [1.29, 1.82) is 0 Å². The molecule has 1 saturated heterocycles. The van der Waals surface area contributed by atoms with Crippen molar-refractivity contribution in [2.75, 3.05) is 13.1 Å². The molecule has 0 aliphatic carbocycles. The van der Waals surface area contributed by atoms with Gasteiger partial charge in [-0.05, 0) is 62.1 Å². The Kier molecular flexibility index (Phi) is 5.04. The average Bonchev–Trinajstić information content (AvgIpc) is 3.06. The number of likely N-dealkylation sites (tertiary alicyclic amines) is 1. The molecule has 138 valence electrons. The molecule has 2 heterocycles. The fourth-order valence-corrected chi connectivity index (χ4v) is 3.96. The Morgan fingerprint density at radius 1 is 0.926 bits per heavy atom. The van der Waals surface area contributed by atoms with Crippen LogP contribution in [0, 0.1) is 6.92 Å². The Labute approximate surface area is 165 Å². The molecule has 0 atom stereocenters. The highest BCUT2D eigenvalue weighted by molar-refractivity contribution is 6.30. The van der Waals surface area contributed by atoms with Gasteiger partial charge in [-0.25, -0.2) is 0 Å². The zero-order chi connectivity index (χ0) is 18.8. The molecule has 3 aromatic rings. The zero-order valence-corrected chi connectivity index (χ0v) is 16.2. The smallest absolute Gasteiger partial charge is 0.255 e. The molecule has 1 amide bonds. The van der Waals surface area contributed by atoms with E-state index in [1.54, 1.807) is 0 Å². The van der Waals surface area contributed by atoms with Crippen LogP contribution in [0.25, 0.3) is 16.9 Å². The fraction of sp³-hybridized carbons (Fsp3) is 0.261. The maximum atomic E-state index is 13.2. The van der Waals surface area contributed by atoms with Crippen LogP contribution in [0.4, 0.5) is 0 Å². The number of nitrogens with zero attached hydrogens (tertiary/aromatic N) is 2. The number of rotatable bonds is 3. The van der Waals surface area contributed by atoms with Gasteiger partial charge in [-0.2, -0.15) is 0 Å². The first kappa shape index (κ1) is 17.9. The largest absolute Gasteiger partial charge is 0.339 e. The standard InChI is InChI=1S/C23H23ClN2O/c1-17-21(23(27)25-14-6-3-7-15-25)16-22(18-8-4-2-5-9-18)26(17)20-12-10-19(24)11-13-20/h2,4-5,8-13,16H,3,6-7,14-15H2,1H3. The van der Waals surface area contributed by atoms with E-state index in [1.807, 2.05) is 60.4 Å². The van der Waals surface area contributed by atoms with Crippen molar-refractivity contribution in [1.82, 2.24) is 9.47 Å². The van der Waals surface area contributed by atoms with Gasteiger partial charge in [0.2, 0.25) is 0 Å². The molecule has 0 spiro atoms. The molecule has 0 N–H and O–H groups in total. The van der Waals surface area contributed by atoms with Crippen molar-refractivity contribution in [3.05, 3.63) is 76.9 Å².